The maximum Gasteiger partial charge on any atom is 0.215 e. The van der Waals surface area contributed by atoms with Gasteiger partial charge in [-0.2, -0.15) is 0 Å². The molecular formula is C29H42O7. The molecule has 1 aliphatic heterocycles. The van der Waals surface area contributed by atoms with Crippen LogP contribution in [0.2, 0.25) is 0 Å². The number of rotatable bonds is 7. The molecule has 5 saturated carbocycles. The van der Waals surface area contributed by atoms with Crippen LogP contribution in [0.1, 0.15) is 78.6 Å². The molecule has 1 heterocycles. The zero-order chi connectivity index (χ0) is 25.5. The van der Waals surface area contributed by atoms with Gasteiger partial charge in [0, 0.05) is 5.92 Å². The zero-order valence-corrected chi connectivity index (χ0v) is 21.9. The Morgan fingerprint density at radius 2 is 1.81 bits per heavy atom. The summed E-state index contributed by atoms with van der Waals surface area (Å²) in [5.74, 6) is 1.59. The summed E-state index contributed by atoms with van der Waals surface area (Å²) in [6.45, 7) is 6.78. The maximum atomic E-state index is 13.9. The fraction of sp³-hybridized carbons (Fsp3) is 0.897. The van der Waals surface area contributed by atoms with Gasteiger partial charge in [0.1, 0.15) is 19.0 Å². The van der Waals surface area contributed by atoms with Crippen LogP contribution in [0, 0.1) is 45.3 Å². The standard InChI is InChI=1S/C29H42O7/c1-26(2)20-7-6-18-23-24(33)25-19(5-4-17(14-31)35-25)27(23,3)10-11-28(18)16-29(20,28)9-8-21(26)36-22(15-32)34-13-12-30/h12,15,17-23,25,31H,4-11,13-14,16H2,1-3H3. The van der Waals surface area contributed by atoms with Crippen LogP contribution >= 0.6 is 0 Å². The van der Waals surface area contributed by atoms with E-state index in [0.29, 0.717) is 30.2 Å². The molecule has 0 amide bonds. The molecule has 1 saturated heterocycles. The first kappa shape index (κ1) is 25.1. The lowest BCUT2D eigenvalue weighted by Gasteiger charge is -2.59. The Kier molecular flexibility index (Phi) is 5.88. The minimum absolute atomic E-state index is 0.000492. The van der Waals surface area contributed by atoms with Crippen LogP contribution in [-0.4, -0.2) is 61.3 Å². The molecule has 0 aromatic heterocycles. The van der Waals surface area contributed by atoms with E-state index >= 15 is 0 Å². The van der Waals surface area contributed by atoms with E-state index in [1.165, 1.54) is 12.8 Å². The van der Waals surface area contributed by atoms with Gasteiger partial charge in [0.2, 0.25) is 6.29 Å². The van der Waals surface area contributed by atoms with Crippen LogP contribution in [0.4, 0.5) is 0 Å². The van der Waals surface area contributed by atoms with E-state index in [0.717, 1.165) is 44.9 Å². The maximum absolute atomic E-state index is 13.9. The van der Waals surface area contributed by atoms with Crippen molar-refractivity contribution in [3.8, 4) is 0 Å². The van der Waals surface area contributed by atoms with Crippen LogP contribution in [0.3, 0.4) is 0 Å². The van der Waals surface area contributed by atoms with Gasteiger partial charge in [-0.15, -0.1) is 0 Å². The van der Waals surface area contributed by atoms with E-state index in [-0.39, 0.29) is 65.0 Å². The van der Waals surface area contributed by atoms with Gasteiger partial charge in [-0.05, 0) is 97.2 Å². The van der Waals surface area contributed by atoms with Gasteiger partial charge in [0.25, 0.3) is 0 Å². The quantitative estimate of drug-likeness (QED) is 0.420. The molecule has 11 atom stereocenters. The minimum atomic E-state index is -1.00. The van der Waals surface area contributed by atoms with Crippen molar-refractivity contribution < 1.29 is 33.7 Å². The number of hydrogen-bond donors (Lipinski definition) is 1. The Balaban J connectivity index is 1.25. The molecule has 6 rings (SSSR count). The monoisotopic (exact) mass is 502 g/mol. The van der Waals surface area contributed by atoms with Crippen molar-refractivity contribution in [3.05, 3.63) is 0 Å². The molecule has 6 fully saturated rings. The summed E-state index contributed by atoms with van der Waals surface area (Å²) in [4.78, 5) is 36.2. The van der Waals surface area contributed by atoms with Gasteiger partial charge in [-0.3, -0.25) is 9.59 Å². The Bertz CT molecular complexity index is 933. The average molecular weight is 503 g/mol. The van der Waals surface area contributed by atoms with Crippen molar-refractivity contribution in [2.75, 3.05) is 13.2 Å². The van der Waals surface area contributed by atoms with Crippen LogP contribution in [0.25, 0.3) is 0 Å². The molecule has 5 aliphatic carbocycles. The number of aliphatic hydroxyl groups excluding tert-OH is 1. The molecule has 2 spiro atoms. The van der Waals surface area contributed by atoms with Crippen molar-refractivity contribution in [2.24, 2.45) is 45.3 Å². The Morgan fingerprint density at radius 3 is 2.53 bits per heavy atom. The topological polar surface area (TPSA) is 99.1 Å². The third-order valence-electron chi connectivity index (χ3n) is 12.3. The molecule has 0 radical (unpaired) electrons. The largest absolute Gasteiger partial charge is 0.394 e. The minimum Gasteiger partial charge on any atom is -0.394 e. The Hall–Kier alpha value is -1.15. The molecule has 6 aliphatic rings. The van der Waals surface area contributed by atoms with Crippen LogP contribution < -0.4 is 0 Å². The fourth-order valence-corrected chi connectivity index (χ4v) is 10.8. The summed E-state index contributed by atoms with van der Waals surface area (Å²) < 4.78 is 17.7. The molecule has 0 aromatic rings. The second-order valence-electron chi connectivity index (χ2n) is 13.6. The van der Waals surface area contributed by atoms with Gasteiger partial charge in [0.05, 0.1) is 18.8 Å². The number of carbonyl (C=O) groups excluding carboxylic acids is 3. The molecule has 11 unspecified atom stereocenters. The summed E-state index contributed by atoms with van der Waals surface area (Å²) in [5.41, 5.74) is 0.380. The SMILES string of the molecule is CC1(C)C(OC(C=O)OCC=O)CCC23CC24CCC2(C)C5CCC(CO)OC5C(=O)C2C4CCC13. The van der Waals surface area contributed by atoms with Crippen LogP contribution in [-0.2, 0) is 28.6 Å². The molecule has 200 valence electrons. The highest BCUT2D eigenvalue weighted by molar-refractivity contribution is 5.90. The predicted octanol–water partition coefficient (Wildman–Crippen LogP) is 3.49. The van der Waals surface area contributed by atoms with E-state index in [9.17, 15) is 19.5 Å². The fourth-order valence-electron chi connectivity index (χ4n) is 10.8. The Morgan fingerprint density at radius 1 is 1.03 bits per heavy atom. The number of fused-ring (bicyclic) bond motifs is 4. The average Bonchev–Trinajstić information content (AvgIpc) is 3.48. The van der Waals surface area contributed by atoms with Crippen molar-refractivity contribution in [2.45, 2.75) is 103 Å². The highest BCUT2D eigenvalue weighted by Crippen LogP contribution is 2.86. The molecule has 1 N–H and O–H groups in total. The highest BCUT2D eigenvalue weighted by atomic mass is 16.7. The molecule has 7 nitrogen and oxygen atoms in total. The second-order valence-corrected chi connectivity index (χ2v) is 13.6. The summed E-state index contributed by atoms with van der Waals surface area (Å²) in [7, 11) is 0. The first-order valence-electron chi connectivity index (χ1n) is 14.1. The van der Waals surface area contributed by atoms with E-state index in [1.807, 2.05) is 0 Å². The van der Waals surface area contributed by atoms with Crippen molar-refractivity contribution >= 4 is 18.4 Å². The number of Topliss-reactive ketones (excluding diaryl/α,β-unsaturated/α-hetero) is 1. The number of hydrogen-bond acceptors (Lipinski definition) is 7. The number of ketones is 1. The summed E-state index contributed by atoms with van der Waals surface area (Å²) in [5, 5.41) is 9.68. The molecule has 7 heteroatoms. The van der Waals surface area contributed by atoms with Gasteiger partial charge in [0.15, 0.2) is 12.1 Å². The third-order valence-corrected chi connectivity index (χ3v) is 12.3. The lowest BCUT2D eigenvalue weighted by atomic mass is 9.46. The highest BCUT2D eigenvalue weighted by Gasteiger charge is 2.81. The summed E-state index contributed by atoms with van der Waals surface area (Å²) in [6.07, 6.45) is 9.07. The summed E-state index contributed by atoms with van der Waals surface area (Å²) in [6, 6.07) is 0. The molecular weight excluding hydrogens is 460 g/mol. The van der Waals surface area contributed by atoms with E-state index < -0.39 is 6.29 Å². The first-order chi connectivity index (χ1) is 17.2. The van der Waals surface area contributed by atoms with Gasteiger partial charge in [-0.1, -0.05) is 20.8 Å². The third kappa shape index (κ3) is 3.15. The number of aldehydes is 2. The van der Waals surface area contributed by atoms with Crippen LogP contribution in [0.15, 0.2) is 0 Å². The van der Waals surface area contributed by atoms with Crippen molar-refractivity contribution in [1.82, 2.24) is 0 Å². The second kappa shape index (κ2) is 8.42. The predicted molar refractivity (Wildman–Crippen MR) is 130 cm³/mol. The number of carbonyl (C=O) groups is 3. The van der Waals surface area contributed by atoms with E-state index in [1.54, 1.807) is 0 Å². The first-order valence-corrected chi connectivity index (χ1v) is 14.1. The molecule has 0 aromatic carbocycles. The summed E-state index contributed by atoms with van der Waals surface area (Å²) >= 11 is 0. The Labute approximate surface area is 214 Å². The van der Waals surface area contributed by atoms with E-state index in [2.05, 4.69) is 20.8 Å². The lowest BCUT2D eigenvalue weighted by molar-refractivity contribution is -0.216. The van der Waals surface area contributed by atoms with Crippen LogP contribution in [0.5, 0.6) is 0 Å². The number of aliphatic hydroxyl groups is 1. The molecule has 0 bridgehead atoms. The zero-order valence-electron chi connectivity index (χ0n) is 21.9. The van der Waals surface area contributed by atoms with Gasteiger partial charge in [-0.25, -0.2) is 0 Å². The van der Waals surface area contributed by atoms with Gasteiger partial charge >= 0.3 is 0 Å². The number of ether oxygens (including phenoxy) is 3. The molecule has 36 heavy (non-hydrogen) atoms. The van der Waals surface area contributed by atoms with Crippen molar-refractivity contribution in [1.29, 1.82) is 0 Å². The van der Waals surface area contributed by atoms with Gasteiger partial charge < -0.3 is 24.1 Å². The lowest BCUT2D eigenvalue weighted by Crippen LogP contribution is -2.56. The van der Waals surface area contributed by atoms with E-state index in [4.69, 9.17) is 14.2 Å². The van der Waals surface area contributed by atoms with Crippen molar-refractivity contribution in [3.63, 3.8) is 0 Å². The smallest absolute Gasteiger partial charge is 0.215 e. The normalized spacial score (nSPS) is 51.1.